The Bertz CT molecular complexity index is 658. The molecule has 3 nitrogen and oxygen atoms in total. The van der Waals surface area contributed by atoms with Gasteiger partial charge in [0.2, 0.25) is 0 Å². The Balaban J connectivity index is 2.34. The van der Waals surface area contributed by atoms with E-state index in [1.54, 1.807) is 0 Å². The van der Waals surface area contributed by atoms with Gasteiger partial charge in [0.25, 0.3) is 0 Å². The summed E-state index contributed by atoms with van der Waals surface area (Å²) >= 11 is 8.77. The number of nitrogens with two attached hydrogens (primary N) is 1. The number of halogens is 4. The van der Waals surface area contributed by atoms with Gasteiger partial charge in [0.15, 0.2) is 5.75 Å². The van der Waals surface area contributed by atoms with Gasteiger partial charge < -0.3 is 15.6 Å². The predicted molar refractivity (Wildman–Crippen MR) is 123 cm³/mol. The molecule has 0 aromatic heterocycles. The van der Waals surface area contributed by atoms with Crippen LogP contribution in [0, 0.1) is 14.3 Å². The minimum Gasteiger partial charge on any atom is -0.506 e. The van der Waals surface area contributed by atoms with E-state index in [1.807, 2.05) is 19.1 Å². The maximum atomic E-state index is 9.84. The van der Waals surface area contributed by atoms with Gasteiger partial charge in [0.1, 0.15) is 11.5 Å². The number of aromatic hydroxyl groups is 1. The zero-order valence-electron chi connectivity index (χ0n) is 11.5. The number of ether oxygens (including phenoxy) is 1. The van der Waals surface area contributed by atoms with Crippen LogP contribution in [-0.4, -0.2) is 11.1 Å². The van der Waals surface area contributed by atoms with Gasteiger partial charge >= 0.3 is 0 Å². The molecule has 0 spiro atoms. The second kappa shape index (κ2) is 8.34. The summed E-state index contributed by atoms with van der Waals surface area (Å²) in [6.45, 7) is 2.00. The van der Waals surface area contributed by atoms with Gasteiger partial charge in [-0.15, -0.1) is 0 Å². The number of benzene rings is 2. The molecular formula is C15H13I4NO2. The third-order valence-electron chi connectivity index (χ3n) is 2.83. The maximum absolute atomic E-state index is 9.84. The minimum atomic E-state index is 0.138. The lowest BCUT2D eigenvalue weighted by atomic mass is 10.1. The van der Waals surface area contributed by atoms with Crippen LogP contribution in [0.4, 0.5) is 0 Å². The topological polar surface area (TPSA) is 55.5 Å². The van der Waals surface area contributed by atoms with Crippen LogP contribution >= 0.6 is 90.4 Å². The maximum Gasteiger partial charge on any atom is 0.154 e. The first kappa shape index (κ1) is 19.2. The average molecular weight is 747 g/mol. The van der Waals surface area contributed by atoms with Crippen LogP contribution in [0.1, 0.15) is 12.5 Å². The van der Waals surface area contributed by atoms with Crippen LogP contribution in [-0.2, 0) is 6.42 Å². The zero-order valence-corrected chi connectivity index (χ0v) is 20.2. The third kappa shape index (κ3) is 4.96. The highest BCUT2D eigenvalue weighted by atomic mass is 127. The monoisotopic (exact) mass is 747 g/mol. The van der Waals surface area contributed by atoms with Gasteiger partial charge in [-0.3, -0.25) is 0 Å². The van der Waals surface area contributed by atoms with Crippen molar-refractivity contribution in [3.63, 3.8) is 0 Å². The smallest absolute Gasteiger partial charge is 0.154 e. The molecule has 7 heteroatoms. The fourth-order valence-corrected chi connectivity index (χ4v) is 5.75. The molecule has 2 aromatic carbocycles. The lowest BCUT2D eigenvalue weighted by Gasteiger charge is -2.14. The molecule has 0 bridgehead atoms. The standard InChI is InChI=1S/C15H13I4NO2/c1-7(20)2-8-3-12(18)15(13(19)4-8)22-9-5-10(16)14(21)11(17)6-9/h3-7,21H,2,20H2,1H3/t7-/m1/s1. The fraction of sp³-hybridized carbons (Fsp3) is 0.200. The van der Waals surface area contributed by atoms with Crippen molar-refractivity contribution in [2.24, 2.45) is 5.73 Å². The minimum absolute atomic E-state index is 0.138. The summed E-state index contributed by atoms with van der Waals surface area (Å²) in [7, 11) is 0. The summed E-state index contributed by atoms with van der Waals surface area (Å²) in [5.74, 6) is 1.86. The van der Waals surface area contributed by atoms with E-state index in [-0.39, 0.29) is 6.04 Å². The third-order valence-corrected chi connectivity index (χ3v) is 6.07. The Morgan fingerprint density at radius 1 is 1.00 bits per heavy atom. The van der Waals surface area contributed by atoms with E-state index in [2.05, 4.69) is 102 Å². The summed E-state index contributed by atoms with van der Waals surface area (Å²) in [5.41, 5.74) is 7.09. The highest BCUT2D eigenvalue weighted by molar-refractivity contribution is 14.1. The summed E-state index contributed by atoms with van der Waals surface area (Å²) in [6.07, 6.45) is 0.849. The van der Waals surface area contributed by atoms with Crippen molar-refractivity contribution < 1.29 is 9.84 Å². The SMILES string of the molecule is C[C@@H](N)Cc1cc(I)c(Oc2cc(I)c(O)c(I)c2)c(I)c1. The summed E-state index contributed by atoms with van der Waals surface area (Å²) in [6, 6.07) is 8.02. The van der Waals surface area contributed by atoms with Gasteiger partial charge in [0, 0.05) is 6.04 Å². The molecule has 0 aliphatic heterocycles. The lowest BCUT2D eigenvalue weighted by molar-refractivity contribution is 0.455. The predicted octanol–water partition coefficient (Wildman–Crippen LogP) is 5.49. The molecule has 0 unspecified atom stereocenters. The molecule has 0 saturated carbocycles. The Labute approximate surface area is 184 Å². The van der Waals surface area contributed by atoms with Crippen molar-refractivity contribution in [2.45, 2.75) is 19.4 Å². The van der Waals surface area contributed by atoms with Gasteiger partial charge in [0.05, 0.1) is 14.3 Å². The summed E-state index contributed by atoms with van der Waals surface area (Å²) in [5, 5.41) is 9.84. The Morgan fingerprint density at radius 3 is 1.95 bits per heavy atom. The van der Waals surface area contributed by atoms with Crippen LogP contribution in [0.2, 0.25) is 0 Å². The Kier molecular flexibility index (Phi) is 7.29. The van der Waals surface area contributed by atoms with E-state index in [0.717, 1.165) is 32.2 Å². The molecule has 0 fully saturated rings. The molecule has 0 heterocycles. The van der Waals surface area contributed by atoms with Crippen molar-refractivity contribution >= 4 is 90.4 Å². The van der Waals surface area contributed by atoms with E-state index >= 15 is 0 Å². The molecule has 3 N–H and O–H groups in total. The van der Waals surface area contributed by atoms with E-state index < -0.39 is 0 Å². The van der Waals surface area contributed by atoms with E-state index in [4.69, 9.17) is 10.5 Å². The van der Waals surface area contributed by atoms with Crippen molar-refractivity contribution in [3.8, 4) is 17.2 Å². The lowest BCUT2D eigenvalue weighted by Crippen LogP contribution is -2.17. The molecule has 0 saturated heterocycles. The fourth-order valence-electron chi connectivity index (χ4n) is 1.92. The normalized spacial score (nSPS) is 12.3. The molecule has 0 aliphatic rings. The Hall–Kier alpha value is 0.920. The number of hydrogen-bond acceptors (Lipinski definition) is 3. The Morgan fingerprint density at radius 2 is 1.50 bits per heavy atom. The van der Waals surface area contributed by atoms with Crippen molar-refractivity contribution in [3.05, 3.63) is 44.1 Å². The first-order chi connectivity index (χ1) is 10.3. The zero-order chi connectivity index (χ0) is 16.4. The molecular weight excluding hydrogens is 734 g/mol. The first-order valence-corrected chi connectivity index (χ1v) is 10.7. The van der Waals surface area contributed by atoms with Crippen LogP contribution < -0.4 is 10.5 Å². The molecule has 22 heavy (non-hydrogen) atoms. The van der Waals surface area contributed by atoms with Gasteiger partial charge in [-0.1, -0.05) is 0 Å². The number of phenols is 1. The van der Waals surface area contributed by atoms with Gasteiger partial charge in [-0.2, -0.15) is 0 Å². The summed E-state index contributed by atoms with van der Waals surface area (Å²) < 4.78 is 9.71. The van der Waals surface area contributed by atoms with Gasteiger partial charge in [-0.05, 0) is 134 Å². The number of rotatable bonds is 4. The van der Waals surface area contributed by atoms with Crippen molar-refractivity contribution in [1.29, 1.82) is 0 Å². The molecule has 118 valence electrons. The first-order valence-electron chi connectivity index (χ1n) is 6.37. The van der Waals surface area contributed by atoms with Gasteiger partial charge in [-0.25, -0.2) is 0 Å². The molecule has 0 aliphatic carbocycles. The van der Waals surface area contributed by atoms with Crippen molar-refractivity contribution in [1.82, 2.24) is 0 Å². The summed E-state index contributed by atoms with van der Waals surface area (Å²) in [4.78, 5) is 0. The number of hydrogen-bond donors (Lipinski definition) is 2. The second-order valence-corrected chi connectivity index (χ2v) is 9.56. The largest absolute Gasteiger partial charge is 0.506 e. The van der Waals surface area contributed by atoms with Crippen LogP contribution in [0.15, 0.2) is 24.3 Å². The molecule has 0 radical (unpaired) electrons. The highest BCUT2D eigenvalue weighted by Gasteiger charge is 2.13. The molecule has 0 amide bonds. The second-order valence-electron chi connectivity index (χ2n) is 4.91. The van der Waals surface area contributed by atoms with E-state index in [9.17, 15) is 5.11 Å². The van der Waals surface area contributed by atoms with E-state index in [0.29, 0.717) is 5.75 Å². The van der Waals surface area contributed by atoms with Crippen LogP contribution in [0.25, 0.3) is 0 Å². The van der Waals surface area contributed by atoms with Crippen LogP contribution in [0.5, 0.6) is 17.2 Å². The molecule has 2 aromatic rings. The van der Waals surface area contributed by atoms with Crippen molar-refractivity contribution in [2.75, 3.05) is 0 Å². The van der Waals surface area contributed by atoms with E-state index in [1.165, 1.54) is 5.56 Å². The highest BCUT2D eigenvalue weighted by Crippen LogP contribution is 2.36. The number of phenolic OH excluding ortho intramolecular Hbond substituents is 1. The van der Waals surface area contributed by atoms with Crippen LogP contribution in [0.3, 0.4) is 0 Å². The molecule has 2 rings (SSSR count). The average Bonchev–Trinajstić information content (AvgIpc) is 2.39. The molecule has 1 atom stereocenters. The quantitative estimate of drug-likeness (QED) is 0.408.